The Morgan fingerprint density at radius 3 is 2.79 bits per heavy atom. The van der Waals surface area contributed by atoms with Crippen LogP contribution in [0.3, 0.4) is 0 Å². The van der Waals surface area contributed by atoms with Gasteiger partial charge in [0.2, 0.25) is 0 Å². The van der Waals surface area contributed by atoms with Crippen molar-refractivity contribution < 1.29 is 0 Å². The normalized spacial score (nSPS) is 19.8. The molecule has 0 saturated carbocycles. The molecule has 0 bridgehead atoms. The number of H-pyrrole nitrogens is 1. The molecule has 1 atom stereocenters. The quantitative estimate of drug-likeness (QED) is 0.854. The van der Waals surface area contributed by atoms with Crippen molar-refractivity contribution in [3.05, 3.63) is 17.2 Å². The molecule has 0 fully saturated rings. The van der Waals surface area contributed by atoms with Crippen LogP contribution in [0.25, 0.3) is 0 Å². The van der Waals surface area contributed by atoms with Gasteiger partial charge in [-0.05, 0) is 30.6 Å². The van der Waals surface area contributed by atoms with Gasteiger partial charge in [-0.15, -0.1) is 0 Å². The van der Waals surface area contributed by atoms with E-state index in [1.165, 1.54) is 30.7 Å². The van der Waals surface area contributed by atoms with Gasteiger partial charge in [0.1, 0.15) is 5.82 Å². The first kappa shape index (κ1) is 14.6. The van der Waals surface area contributed by atoms with Gasteiger partial charge in [0.15, 0.2) is 0 Å². The Bertz CT molecular complexity index is 418. The standard InChI is InChI=1S/C16H29N3/c1-6-16(4,5)12-7-8-13-14(9-12)19-15(18-13)10-17-11(2)3/h11-12,17H,6-10H2,1-5H3,(H,18,19). The third-order valence-electron chi connectivity index (χ3n) is 4.79. The maximum absolute atomic E-state index is 4.75. The van der Waals surface area contributed by atoms with E-state index in [-0.39, 0.29) is 0 Å². The number of aromatic nitrogens is 2. The van der Waals surface area contributed by atoms with E-state index >= 15 is 0 Å². The first-order valence-electron chi connectivity index (χ1n) is 7.72. The minimum Gasteiger partial charge on any atom is -0.345 e. The molecule has 0 radical (unpaired) electrons. The van der Waals surface area contributed by atoms with Crippen LogP contribution < -0.4 is 5.32 Å². The number of rotatable bonds is 5. The summed E-state index contributed by atoms with van der Waals surface area (Å²) < 4.78 is 0. The number of nitrogens with one attached hydrogen (secondary N) is 2. The number of aromatic amines is 1. The lowest BCUT2D eigenvalue weighted by atomic mass is 9.70. The largest absolute Gasteiger partial charge is 0.345 e. The highest BCUT2D eigenvalue weighted by molar-refractivity contribution is 5.19. The predicted molar refractivity (Wildman–Crippen MR) is 80.2 cm³/mol. The van der Waals surface area contributed by atoms with Gasteiger partial charge in [0.05, 0.1) is 12.2 Å². The summed E-state index contributed by atoms with van der Waals surface area (Å²) in [6.45, 7) is 12.3. The number of hydrogen-bond acceptors (Lipinski definition) is 2. The highest BCUT2D eigenvalue weighted by atomic mass is 15.0. The van der Waals surface area contributed by atoms with Crippen LogP contribution in [-0.4, -0.2) is 16.0 Å². The lowest BCUT2D eigenvalue weighted by molar-refractivity contribution is 0.181. The number of fused-ring (bicyclic) bond motifs is 1. The molecule has 1 heterocycles. The second-order valence-electron chi connectivity index (χ2n) is 6.93. The summed E-state index contributed by atoms with van der Waals surface area (Å²) in [7, 11) is 0. The molecule has 1 aromatic heterocycles. The number of hydrogen-bond donors (Lipinski definition) is 2. The van der Waals surface area contributed by atoms with E-state index in [1.807, 2.05) is 0 Å². The molecule has 2 rings (SSSR count). The predicted octanol–water partition coefficient (Wildman–Crippen LogP) is 3.45. The Morgan fingerprint density at radius 2 is 2.16 bits per heavy atom. The van der Waals surface area contributed by atoms with Gasteiger partial charge in [0, 0.05) is 11.7 Å². The van der Waals surface area contributed by atoms with Crippen molar-refractivity contribution in [1.82, 2.24) is 15.3 Å². The van der Waals surface area contributed by atoms with Crippen molar-refractivity contribution in [3.8, 4) is 0 Å². The Labute approximate surface area is 117 Å². The van der Waals surface area contributed by atoms with E-state index in [1.54, 1.807) is 0 Å². The van der Waals surface area contributed by atoms with E-state index in [2.05, 4.69) is 44.9 Å². The van der Waals surface area contributed by atoms with Gasteiger partial charge in [-0.1, -0.05) is 41.0 Å². The lowest BCUT2D eigenvalue weighted by Crippen LogP contribution is -2.29. The summed E-state index contributed by atoms with van der Waals surface area (Å²) in [6.07, 6.45) is 4.85. The number of nitrogens with zero attached hydrogens (tertiary/aromatic N) is 1. The van der Waals surface area contributed by atoms with Gasteiger partial charge < -0.3 is 10.3 Å². The van der Waals surface area contributed by atoms with Crippen LogP contribution in [0.1, 0.15) is 64.7 Å². The first-order chi connectivity index (χ1) is 8.92. The third-order valence-corrected chi connectivity index (χ3v) is 4.79. The molecular weight excluding hydrogens is 234 g/mol. The van der Waals surface area contributed by atoms with E-state index in [0.717, 1.165) is 24.7 Å². The molecule has 0 amide bonds. The summed E-state index contributed by atoms with van der Waals surface area (Å²) in [5.41, 5.74) is 3.14. The molecule has 108 valence electrons. The van der Waals surface area contributed by atoms with Crippen molar-refractivity contribution in [2.75, 3.05) is 0 Å². The molecule has 1 aliphatic carbocycles. The molecule has 3 heteroatoms. The fourth-order valence-corrected chi connectivity index (χ4v) is 2.88. The van der Waals surface area contributed by atoms with Gasteiger partial charge in [0.25, 0.3) is 0 Å². The van der Waals surface area contributed by atoms with Crippen LogP contribution >= 0.6 is 0 Å². The Morgan fingerprint density at radius 1 is 1.42 bits per heavy atom. The molecule has 0 aliphatic heterocycles. The van der Waals surface area contributed by atoms with Crippen LogP contribution in [-0.2, 0) is 19.4 Å². The molecule has 0 saturated heterocycles. The molecule has 19 heavy (non-hydrogen) atoms. The van der Waals surface area contributed by atoms with E-state index in [4.69, 9.17) is 4.98 Å². The Hall–Kier alpha value is -0.830. The topological polar surface area (TPSA) is 40.7 Å². The van der Waals surface area contributed by atoms with Crippen molar-refractivity contribution in [2.24, 2.45) is 11.3 Å². The minimum absolute atomic E-state index is 0.444. The van der Waals surface area contributed by atoms with Crippen LogP contribution in [0.2, 0.25) is 0 Å². The van der Waals surface area contributed by atoms with Crippen molar-refractivity contribution in [1.29, 1.82) is 0 Å². The average Bonchev–Trinajstić information content (AvgIpc) is 2.78. The minimum atomic E-state index is 0.444. The molecule has 1 unspecified atom stereocenters. The van der Waals surface area contributed by atoms with Gasteiger partial charge >= 0.3 is 0 Å². The fourth-order valence-electron chi connectivity index (χ4n) is 2.88. The van der Waals surface area contributed by atoms with Gasteiger partial charge in [-0.25, -0.2) is 4.98 Å². The molecule has 0 spiro atoms. The molecule has 3 nitrogen and oxygen atoms in total. The third kappa shape index (κ3) is 3.38. The smallest absolute Gasteiger partial charge is 0.120 e. The average molecular weight is 263 g/mol. The maximum atomic E-state index is 4.75. The van der Waals surface area contributed by atoms with Crippen molar-refractivity contribution in [2.45, 2.75) is 72.9 Å². The van der Waals surface area contributed by atoms with E-state index in [9.17, 15) is 0 Å². The zero-order valence-corrected chi connectivity index (χ0v) is 13.1. The molecule has 0 aromatic carbocycles. The molecule has 2 N–H and O–H groups in total. The summed E-state index contributed by atoms with van der Waals surface area (Å²) in [5.74, 6) is 1.89. The molecule has 1 aromatic rings. The first-order valence-corrected chi connectivity index (χ1v) is 7.72. The number of imidazole rings is 1. The van der Waals surface area contributed by atoms with Gasteiger partial charge in [-0.2, -0.15) is 0 Å². The van der Waals surface area contributed by atoms with Crippen LogP contribution in [0.15, 0.2) is 0 Å². The zero-order chi connectivity index (χ0) is 14.0. The SMILES string of the molecule is CCC(C)(C)C1CCc2nc(CNC(C)C)[nH]c2C1. The second kappa shape index (κ2) is 5.66. The van der Waals surface area contributed by atoms with Crippen LogP contribution in [0.5, 0.6) is 0 Å². The zero-order valence-electron chi connectivity index (χ0n) is 13.1. The molecule has 1 aliphatic rings. The number of aryl methyl sites for hydroxylation is 1. The van der Waals surface area contributed by atoms with Crippen molar-refractivity contribution in [3.63, 3.8) is 0 Å². The Balaban J connectivity index is 2.05. The van der Waals surface area contributed by atoms with E-state index < -0.39 is 0 Å². The maximum Gasteiger partial charge on any atom is 0.120 e. The summed E-state index contributed by atoms with van der Waals surface area (Å²) in [6, 6.07) is 0.508. The monoisotopic (exact) mass is 263 g/mol. The summed E-state index contributed by atoms with van der Waals surface area (Å²) >= 11 is 0. The Kier molecular flexibility index (Phi) is 4.34. The highest BCUT2D eigenvalue weighted by Gasteiger charge is 2.32. The molecular formula is C16H29N3. The fraction of sp³-hybridized carbons (Fsp3) is 0.812. The van der Waals surface area contributed by atoms with E-state index in [0.29, 0.717) is 11.5 Å². The van der Waals surface area contributed by atoms with Crippen LogP contribution in [0.4, 0.5) is 0 Å². The summed E-state index contributed by atoms with van der Waals surface area (Å²) in [5, 5.41) is 3.43. The second-order valence-corrected chi connectivity index (χ2v) is 6.93. The van der Waals surface area contributed by atoms with Gasteiger partial charge in [-0.3, -0.25) is 0 Å². The van der Waals surface area contributed by atoms with Crippen molar-refractivity contribution >= 4 is 0 Å². The summed E-state index contributed by atoms with van der Waals surface area (Å²) in [4.78, 5) is 8.29. The highest BCUT2D eigenvalue weighted by Crippen LogP contribution is 2.39. The van der Waals surface area contributed by atoms with Crippen LogP contribution in [0, 0.1) is 11.3 Å². The lowest BCUT2D eigenvalue weighted by Gasteiger charge is -2.35.